The first kappa shape index (κ1) is 15.9. The normalized spacial score (nSPS) is 24.2. The van der Waals surface area contributed by atoms with Crippen LogP contribution in [0.5, 0.6) is 0 Å². The van der Waals surface area contributed by atoms with Crippen LogP contribution in [0.1, 0.15) is 33.6 Å². The van der Waals surface area contributed by atoms with Crippen molar-refractivity contribution < 1.29 is 4.74 Å². The summed E-state index contributed by atoms with van der Waals surface area (Å²) < 4.78 is 5.47. The molecule has 0 saturated carbocycles. The molecule has 0 aliphatic carbocycles. The fourth-order valence-electron chi connectivity index (χ4n) is 2.30. The second-order valence-electron chi connectivity index (χ2n) is 5.55. The molecule has 1 aliphatic heterocycles. The molecule has 0 aromatic carbocycles. The van der Waals surface area contributed by atoms with Gasteiger partial charge < -0.3 is 20.3 Å². The van der Waals surface area contributed by atoms with E-state index in [-0.39, 0.29) is 0 Å². The first-order valence-corrected chi connectivity index (χ1v) is 7.38. The second-order valence-corrected chi connectivity index (χ2v) is 5.55. The Kier molecular flexibility index (Phi) is 7.82. The van der Waals surface area contributed by atoms with E-state index in [1.807, 2.05) is 0 Å². The van der Waals surface area contributed by atoms with Crippen LogP contribution in [0.15, 0.2) is 0 Å². The third-order valence-electron chi connectivity index (χ3n) is 3.94. The van der Waals surface area contributed by atoms with E-state index in [2.05, 4.69) is 43.4 Å². The molecule has 1 rings (SSSR count). The highest BCUT2D eigenvalue weighted by Crippen LogP contribution is 2.03. The quantitative estimate of drug-likeness (QED) is 0.682. The molecule has 1 saturated heterocycles. The lowest BCUT2D eigenvalue weighted by Gasteiger charge is -2.28. The van der Waals surface area contributed by atoms with Crippen LogP contribution in [-0.4, -0.2) is 62.9 Å². The number of hydrogen-bond donors (Lipinski definition) is 2. The van der Waals surface area contributed by atoms with Crippen LogP contribution in [0.25, 0.3) is 0 Å². The van der Waals surface area contributed by atoms with E-state index in [9.17, 15) is 0 Å². The molecule has 18 heavy (non-hydrogen) atoms. The lowest BCUT2D eigenvalue weighted by atomic mass is 10.1. The zero-order valence-electron chi connectivity index (χ0n) is 12.5. The highest BCUT2D eigenvalue weighted by atomic mass is 16.5. The van der Waals surface area contributed by atoms with Gasteiger partial charge in [-0.15, -0.1) is 0 Å². The minimum absolute atomic E-state index is 0.522. The Hall–Kier alpha value is -0.160. The van der Waals surface area contributed by atoms with E-state index in [0.717, 1.165) is 39.3 Å². The molecular weight excluding hydrogens is 226 g/mol. The molecule has 1 fully saturated rings. The molecule has 0 radical (unpaired) electrons. The highest BCUT2D eigenvalue weighted by Gasteiger charge is 2.16. The van der Waals surface area contributed by atoms with Crippen molar-refractivity contribution in [3.05, 3.63) is 0 Å². The number of nitrogens with one attached hydrogen (secondary N) is 2. The summed E-state index contributed by atoms with van der Waals surface area (Å²) in [5, 5.41) is 7.10. The lowest BCUT2D eigenvalue weighted by Crippen LogP contribution is -2.46. The summed E-state index contributed by atoms with van der Waals surface area (Å²) in [4.78, 5) is 2.42. The Morgan fingerprint density at radius 1 is 1.44 bits per heavy atom. The summed E-state index contributed by atoms with van der Waals surface area (Å²) in [6.45, 7) is 11.7. The Morgan fingerprint density at radius 2 is 2.22 bits per heavy atom. The number of nitrogens with zero attached hydrogens (tertiary/aromatic N) is 1. The van der Waals surface area contributed by atoms with Crippen molar-refractivity contribution in [1.29, 1.82) is 0 Å². The summed E-state index contributed by atoms with van der Waals surface area (Å²) in [7, 11) is 2.21. The Balaban J connectivity index is 2.07. The zero-order chi connectivity index (χ0) is 13.4. The molecule has 3 unspecified atom stereocenters. The summed E-state index contributed by atoms with van der Waals surface area (Å²) in [5.41, 5.74) is 0. The minimum atomic E-state index is 0.522. The molecule has 3 atom stereocenters. The van der Waals surface area contributed by atoms with Gasteiger partial charge in [0, 0.05) is 37.8 Å². The van der Waals surface area contributed by atoms with Gasteiger partial charge in [-0.25, -0.2) is 0 Å². The topological polar surface area (TPSA) is 36.5 Å². The molecule has 0 aromatic rings. The summed E-state index contributed by atoms with van der Waals surface area (Å²) >= 11 is 0. The van der Waals surface area contributed by atoms with Crippen LogP contribution in [-0.2, 0) is 4.74 Å². The van der Waals surface area contributed by atoms with Crippen molar-refractivity contribution in [2.24, 2.45) is 0 Å². The van der Waals surface area contributed by atoms with Crippen molar-refractivity contribution >= 4 is 0 Å². The Labute approximate surface area is 112 Å². The third-order valence-corrected chi connectivity index (χ3v) is 3.94. The van der Waals surface area contributed by atoms with E-state index >= 15 is 0 Å². The molecule has 2 N–H and O–H groups in total. The van der Waals surface area contributed by atoms with Crippen molar-refractivity contribution in [2.45, 2.75) is 51.7 Å². The van der Waals surface area contributed by atoms with Crippen molar-refractivity contribution in [1.82, 2.24) is 15.5 Å². The number of likely N-dealkylation sites (N-methyl/N-ethyl adjacent to an activating group) is 1. The van der Waals surface area contributed by atoms with Gasteiger partial charge >= 0.3 is 0 Å². The van der Waals surface area contributed by atoms with Crippen LogP contribution >= 0.6 is 0 Å². The van der Waals surface area contributed by atoms with Crippen LogP contribution in [0.2, 0.25) is 0 Å². The van der Waals surface area contributed by atoms with Crippen molar-refractivity contribution in [2.75, 3.05) is 39.9 Å². The predicted octanol–water partition coefficient (Wildman–Crippen LogP) is 1.07. The maximum atomic E-state index is 5.47. The molecule has 4 heteroatoms. The van der Waals surface area contributed by atoms with Crippen LogP contribution in [0.4, 0.5) is 0 Å². The Bertz CT molecular complexity index is 207. The molecule has 108 valence electrons. The smallest absolute Gasteiger partial charge is 0.0620 e. The summed E-state index contributed by atoms with van der Waals surface area (Å²) in [5.74, 6) is 0. The average molecular weight is 257 g/mol. The maximum absolute atomic E-state index is 5.47. The fraction of sp³-hybridized carbons (Fsp3) is 1.00. The number of rotatable bonds is 8. The van der Waals surface area contributed by atoms with Gasteiger partial charge in [-0.1, -0.05) is 6.92 Å². The molecular formula is C14H31N3O. The first-order valence-electron chi connectivity index (χ1n) is 7.38. The maximum Gasteiger partial charge on any atom is 0.0620 e. The fourth-order valence-corrected chi connectivity index (χ4v) is 2.30. The highest BCUT2D eigenvalue weighted by molar-refractivity contribution is 4.76. The number of ether oxygens (including phenoxy) is 1. The molecule has 0 bridgehead atoms. The van der Waals surface area contributed by atoms with Gasteiger partial charge in [-0.3, -0.25) is 0 Å². The van der Waals surface area contributed by atoms with E-state index in [1.165, 1.54) is 6.42 Å². The monoisotopic (exact) mass is 257 g/mol. The van der Waals surface area contributed by atoms with Crippen LogP contribution < -0.4 is 10.6 Å². The molecule has 1 heterocycles. The van der Waals surface area contributed by atoms with Gasteiger partial charge in [0.05, 0.1) is 13.2 Å². The van der Waals surface area contributed by atoms with Crippen molar-refractivity contribution in [3.8, 4) is 0 Å². The van der Waals surface area contributed by atoms with Gasteiger partial charge in [0.2, 0.25) is 0 Å². The van der Waals surface area contributed by atoms with Crippen LogP contribution in [0, 0.1) is 0 Å². The van der Waals surface area contributed by atoms with E-state index in [0.29, 0.717) is 18.1 Å². The summed E-state index contributed by atoms with van der Waals surface area (Å²) in [6, 6.07) is 1.75. The zero-order valence-corrected chi connectivity index (χ0v) is 12.5. The third kappa shape index (κ3) is 6.14. The van der Waals surface area contributed by atoms with Gasteiger partial charge in [-0.2, -0.15) is 0 Å². The number of morpholine rings is 1. The van der Waals surface area contributed by atoms with E-state index in [1.54, 1.807) is 0 Å². The molecule has 0 spiro atoms. The number of hydrogen-bond acceptors (Lipinski definition) is 4. The lowest BCUT2D eigenvalue weighted by molar-refractivity contribution is 0.0711. The minimum Gasteiger partial charge on any atom is -0.379 e. The molecule has 4 nitrogen and oxygen atoms in total. The average Bonchev–Trinajstić information content (AvgIpc) is 2.38. The SMILES string of the molecule is CCC(C)N(C)CCNC(C)CC1COCCN1. The van der Waals surface area contributed by atoms with Gasteiger partial charge in [0.15, 0.2) is 0 Å². The molecule has 1 aliphatic rings. The predicted molar refractivity (Wildman–Crippen MR) is 77.1 cm³/mol. The second kappa shape index (κ2) is 8.86. The standard InChI is InChI=1S/C14H31N3O/c1-5-13(3)17(4)8-6-15-12(2)10-14-11-18-9-7-16-14/h12-16H,5-11H2,1-4H3. The largest absolute Gasteiger partial charge is 0.379 e. The van der Waals surface area contributed by atoms with E-state index in [4.69, 9.17) is 4.74 Å². The van der Waals surface area contributed by atoms with Crippen molar-refractivity contribution in [3.63, 3.8) is 0 Å². The van der Waals surface area contributed by atoms with Gasteiger partial charge in [-0.05, 0) is 33.7 Å². The summed E-state index contributed by atoms with van der Waals surface area (Å²) in [6.07, 6.45) is 2.36. The molecule has 0 aromatic heterocycles. The van der Waals surface area contributed by atoms with E-state index < -0.39 is 0 Å². The molecule has 0 amide bonds. The first-order chi connectivity index (χ1) is 8.63. The van der Waals surface area contributed by atoms with Crippen LogP contribution in [0.3, 0.4) is 0 Å². The van der Waals surface area contributed by atoms with Gasteiger partial charge in [0.1, 0.15) is 0 Å². The Morgan fingerprint density at radius 3 is 2.83 bits per heavy atom. The van der Waals surface area contributed by atoms with Gasteiger partial charge in [0.25, 0.3) is 0 Å².